The summed E-state index contributed by atoms with van der Waals surface area (Å²) in [7, 11) is 0. The van der Waals surface area contributed by atoms with Gasteiger partial charge in [0.25, 0.3) is 0 Å². The molecule has 0 saturated heterocycles. The summed E-state index contributed by atoms with van der Waals surface area (Å²) < 4.78 is 43.7. The van der Waals surface area contributed by atoms with Gasteiger partial charge in [-0.3, -0.25) is 0 Å². The molecule has 3 N–H and O–H groups in total. The van der Waals surface area contributed by atoms with Crippen molar-refractivity contribution in [3.8, 4) is 11.6 Å². The fourth-order valence-corrected chi connectivity index (χ4v) is 1.52. The molecule has 2 rings (SSSR count). The van der Waals surface area contributed by atoms with E-state index in [0.29, 0.717) is 0 Å². The van der Waals surface area contributed by atoms with Gasteiger partial charge in [0.2, 0.25) is 5.88 Å². The van der Waals surface area contributed by atoms with Crippen molar-refractivity contribution in [2.75, 3.05) is 0 Å². The van der Waals surface area contributed by atoms with Crippen molar-refractivity contribution in [3.63, 3.8) is 0 Å². The summed E-state index contributed by atoms with van der Waals surface area (Å²) in [5.41, 5.74) is 4.23. The van der Waals surface area contributed by atoms with Gasteiger partial charge < -0.3 is 15.7 Å². The van der Waals surface area contributed by atoms with Gasteiger partial charge in [-0.05, 0) is 12.1 Å². The average Bonchev–Trinajstić information content (AvgIpc) is 2.46. The minimum Gasteiger partial charge on any atom is -0.436 e. The van der Waals surface area contributed by atoms with Crippen molar-refractivity contribution < 1.29 is 23.1 Å². The molecule has 0 fully saturated rings. The fraction of sp³-hybridized carbons (Fsp3) is 0.0833. The van der Waals surface area contributed by atoms with Crippen LogP contribution in [0.4, 0.5) is 13.2 Å². The minimum absolute atomic E-state index is 0.169. The monoisotopic (exact) mass is 298 g/mol. The van der Waals surface area contributed by atoms with E-state index in [1.807, 2.05) is 0 Å². The molecule has 0 aliphatic rings. The molecule has 0 amide bonds. The summed E-state index contributed by atoms with van der Waals surface area (Å²) in [6.45, 7) is 0. The molecule has 110 valence electrons. The van der Waals surface area contributed by atoms with Crippen LogP contribution in [-0.4, -0.2) is 21.0 Å². The summed E-state index contributed by atoms with van der Waals surface area (Å²) in [4.78, 5) is 7.50. The first-order valence-corrected chi connectivity index (χ1v) is 5.56. The second-order valence-electron chi connectivity index (χ2n) is 3.79. The van der Waals surface area contributed by atoms with Crippen molar-refractivity contribution in [1.29, 1.82) is 0 Å². The standard InChI is InChI=1S/C12H9F3N4O2/c13-12(14,15)7-3-1-2-4-8(7)21-11-9(10(16)19-20)17-5-6-18-11/h1-6,20H,(H2,16,19). The third kappa shape index (κ3) is 3.19. The second kappa shape index (κ2) is 5.65. The number of amidine groups is 1. The molecule has 0 unspecified atom stereocenters. The van der Waals surface area contributed by atoms with Gasteiger partial charge in [-0.15, -0.1) is 0 Å². The van der Waals surface area contributed by atoms with Crippen molar-refractivity contribution >= 4 is 5.84 Å². The van der Waals surface area contributed by atoms with Gasteiger partial charge in [-0.2, -0.15) is 13.2 Å². The van der Waals surface area contributed by atoms with Gasteiger partial charge in [-0.1, -0.05) is 17.3 Å². The first-order chi connectivity index (χ1) is 9.93. The fourth-order valence-electron chi connectivity index (χ4n) is 1.52. The lowest BCUT2D eigenvalue weighted by Gasteiger charge is -2.13. The number of aromatic nitrogens is 2. The maximum absolute atomic E-state index is 12.9. The highest BCUT2D eigenvalue weighted by Crippen LogP contribution is 2.37. The quantitative estimate of drug-likeness (QED) is 0.393. The van der Waals surface area contributed by atoms with E-state index in [4.69, 9.17) is 15.7 Å². The molecule has 0 bridgehead atoms. The number of benzene rings is 1. The smallest absolute Gasteiger partial charge is 0.419 e. The van der Waals surface area contributed by atoms with Crippen molar-refractivity contribution in [3.05, 3.63) is 47.9 Å². The molecule has 0 saturated carbocycles. The first-order valence-electron chi connectivity index (χ1n) is 5.56. The third-order valence-electron chi connectivity index (χ3n) is 2.41. The van der Waals surface area contributed by atoms with E-state index in [0.717, 1.165) is 12.1 Å². The number of rotatable bonds is 3. The zero-order chi connectivity index (χ0) is 15.5. The average molecular weight is 298 g/mol. The second-order valence-corrected chi connectivity index (χ2v) is 3.79. The number of nitrogens with two attached hydrogens (primary N) is 1. The first kappa shape index (κ1) is 14.6. The Morgan fingerprint density at radius 3 is 2.52 bits per heavy atom. The highest BCUT2D eigenvalue weighted by atomic mass is 19.4. The number of nitrogens with zero attached hydrogens (tertiary/aromatic N) is 3. The molecular formula is C12H9F3N4O2. The van der Waals surface area contributed by atoms with Crippen LogP contribution in [0.2, 0.25) is 0 Å². The predicted octanol–water partition coefficient (Wildman–Crippen LogP) is 2.38. The Balaban J connectivity index is 2.45. The summed E-state index contributed by atoms with van der Waals surface area (Å²) in [5, 5.41) is 11.3. The molecule has 1 heterocycles. The molecule has 0 spiro atoms. The highest BCUT2D eigenvalue weighted by molar-refractivity contribution is 5.97. The van der Waals surface area contributed by atoms with Crippen molar-refractivity contribution in [2.45, 2.75) is 6.18 Å². The Kier molecular flexibility index (Phi) is 3.92. The van der Waals surface area contributed by atoms with E-state index in [2.05, 4.69) is 15.1 Å². The Hall–Kier alpha value is -2.84. The lowest BCUT2D eigenvalue weighted by molar-refractivity contribution is -0.138. The van der Waals surface area contributed by atoms with Crippen LogP contribution >= 0.6 is 0 Å². The zero-order valence-corrected chi connectivity index (χ0v) is 10.4. The predicted molar refractivity (Wildman–Crippen MR) is 66.1 cm³/mol. The van der Waals surface area contributed by atoms with Gasteiger partial charge in [0.15, 0.2) is 11.5 Å². The third-order valence-corrected chi connectivity index (χ3v) is 2.41. The maximum Gasteiger partial charge on any atom is 0.419 e. The molecule has 2 aromatic rings. The lowest BCUT2D eigenvalue weighted by atomic mass is 10.2. The van der Waals surface area contributed by atoms with Gasteiger partial charge in [0, 0.05) is 12.4 Å². The normalized spacial score (nSPS) is 12.2. The van der Waals surface area contributed by atoms with Gasteiger partial charge in [0.1, 0.15) is 5.75 Å². The van der Waals surface area contributed by atoms with Crippen LogP contribution < -0.4 is 10.5 Å². The largest absolute Gasteiger partial charge is 0.436 e. The Labute approximate surface area is 116 Å². The highest BCUT2D eigenvalue weighted by Gasteiger charge is 2.34. The summed E-state index contributed by atoms with van der Waals surface area (Å²) in [5.74, 6) is -1.19. The molecule has 6 nitrogen and oxygen atoms in total. The van der Waals surface area contributed by atoms with E-state index >= 15 is 0 Å². The van der Waals surface area contributed by atoms with Crippen LogP contribution in [0.1, 0.15) is 11.3 Å². The van der Waals surface area contributed by atoms with Crippen LogP contribution in [0.15, 0.2) is 41.8 Å². The van der Waals surface area contributed by atoms with Crippen molar-refractivity contribution in [2.24, 2.45) is 10.9 Å². The summed E-state index contributed by atoms with van der Waals surface area (Å²) in [6.07, 6.45) is -2.15. The van der Waals surface area contributed by atoms with Crippen LogP contribution in [0.5, 0.6) is 11.6 Å². The number of ether oxygens (including phenoxy) is 1. The molecule has 0 atom stereocenters. The lowest BCUT2D eigenvalue weighted by Crippen LogP contribution is -2.17. The summed E-state index contributed by atoms with van der Waals surface area (Å²) >= 11 is 0. The van der Waals surface area contributed by atoms with Crippen LogP contribution in [-0.2, 0) is 6.18 Å². The number of halogens is 3. The Morgan fingerprint density at radius 2 is 1.86 bits per heavy atom. The topological polar surface area (TPSA) is 93.6 Å². The molecule has 21 heavy (non-hydrogen) atoms. The van der Waals surface area contributed by atoms with Crippen LogP contribution in [0.3, 0.4) is 0 Å². The summed E-state index contributed by atoms with van der Waals surface area (Å²) in [6, 6.07) is 4.61. The van der Waals surface area contributed by atoms with Gasteiger partial charge >= 0.3 is 6.18 Å². The molecule has 1 aromatic heterocycles. The minimum atomic E-state index is -4.59. The molecule has 0 aliphatic heterocycles. The van der Waals surface area contributed by atoms with E-state index < -0.39 is 23.3 Å². The molecule has 0 aliphatic carbocycles. The van der Waals surface area contributed by atoms with Gasteiger partial charge in [-0.25, -0.2) is 9.97 Å². The van der Waals surface area contributed by atoms with Gasteiger partial charge in [0.05, 0.1) is 5.56 Å². The Morgan fingerprint density at radius 1 is 1.19 bits per heavy atom. The Bertz CT molecular complexity index is 674. The number of alkyl halides is 3. The number of oxime groups is 1. The maximum atomic E-state index is 12.9. The molecular weight excluding hydrogens is 289 g/mol. The molecule has 1 aromatic carbocycles. The van der Waals surface area contributed by atoms with E-state index in [1.54, 1.807) is 0 Å². The number of para-hydroxylation sites is 1. The van der Waals surface area contributed by atoms with E-state index in [-0.39, 0.29) is 11.6 Å². The molecule has 9 heteroatoms. The van der Waals surface area contributed by atoms with Crippen LogP contribution in [0.25, 0.3) is 0 Å². The number of hydrogen-bond donors (Lipinski definition) is 2. The number of hydrogen-bond acceptors (Lipinski definition) is 5. The van der Waals surface area contributed by atoms with Crippen LogP contribution in [0, 0.1) is 0 Å². The SMILES string of the molecule is NC(=NO)c1nccnc1Oc1ccccc1C(F)(F)F. The molecule has 0 radical (unpaired) electrons. The van der Waals surface area contributed by atoms with Crippen molar-refractivity contribution in [1.82, 2.24) is 9.97 Å². The zero-order valence-electron chi connectivity index (χ0n) is 10.4. The van der Waals surface area contributed by atoms with E-state index in [9.17, 15) is 13.2 Å². The van der Waals surface area contributed by atoms with E-state index in [1.165, 1.54) is 24.5 Å².